The third kappa shape index (κ3) is 3.92. The van der Waals surface area contributed by atoms with Gasteiger partial charge in [0.05, 0.1) is 31.2 Å². The number of ether oxygens (including phenoxy) is 2. The van der Waals surface area contributed by atoms with Crippen LogP contribution in [0.5, 0.6) is 11.5 Å². The van der Waals surface area contributed by atoms with Crippen molar-refractivity contribution in [3.05, 3.63) is 76.3 Å². The maximum absolute atomic E-state index is 13.1. The molecule has 144 valence electrons. The summed E-state index contributed by atoms with van der Waals surface area (Å²) in [5.41, 5.74) is 2.27. The number of hydrogen-bond acceptors (Lipinski definition) is 4. The van der Waals surface area contributed by atoms with Gasteiger partial charge in [0.1, 0.15) is 22.5 Å². The third-order valence-corrected chi connectivity index (χ3v) is 4.56. The first-order chi connectivity index (χ1) is 13.4. The lowest BCUT2D eigenvalue weighted by atomic mass is 10.1. The number of rotatable bonds is 6. The van der Waals surface area contributed by atoms with E-state index in [0.717, 1.165) is 0 Å². The summed E-state index contributed by atoms with van der Waals surface area (Å²) in [5.74, 6) is 0.420. The van der Waals surface area contributed by atoms with Crippen molar-refractivity contribution in [3.63, 3.8) is 0 Å². The van der Waals surface area contributed by atoms with Crippen molar-refractivity contribution in [3.8, 4) is 17.2 Å². The molecule has 0 N–H and O–H groups in total. The molecule has 2 aromatic carbocycles. The van der Waals surface area contributed by atoms with E-state index < -0.39 is 0 Å². The van der Waals surface area contributed by atoms with Crippen LogP contribution in [0.1, 0.15) is 21.6 Å². The van der Waals surface area contributed by atoms with Crippen LogP contribution in [-0.4, -0.2) is 29.8 Å². The molecule has 0 spiro atoms. The summed E-state index contributed by atoms with van der Waals surface area (Å²) in [6, 6.07) is 10.8. The number of benzene rings is 2. The minimum Gasteiger partial charge on any atom is -0.497 e. The average Bonchev–Trinajstić information content (AvgIpc) is 2.99. The minimum atomic E-state index is -0.345. The Labute approximate surface area is 167 Å². The number of halogens is 2. The summed E-state index contributed by atoms with van der Waals surface area (Å²) in [5, 5.41) is 4.70. The van der Waals surface area contributed by atoms with E-state index >= 15 is 0 Å². The van der Waals surface area contributed by atoms with E-state index in [-0.39, 0.29) is 11.6 Å². The Morgan fingerprint density at radius 1 is 1.14 bits per heavy atom. The maximum atomic E-state index is 13.1. The van der Waals surface area contributed by atoms with Crippen LogP contribution in [0.4, 0.5) is 4.39 Å². The van der Waals surface area contributed by atoms with Crippen LogP contribution in [0.2, 0.25) is 5.15 Å². The zero-order chi connectivity index (χ0) is 20.3. The molecule has 0 saturated carbocycles. The molecule has 0 amide bonds. The van der Waals surface area contributed by atoms with Gasteiger partial charge in [-0.3, -0.25) is 4.79 Å². The highest BCUT2D eigenvalue weighted by Crippen LogP contribution is 2.27. The molecule has 0 aliphatic heterocycles. The predicted octanol–water partition coefficient (Wildman–Crippen LogP) is 4.89. The van der Waals surface area contributed by atoms with E-state index in [1.807, 2.05) is 0 Å². The molecule has 3 aromatic rings. The number of hydrogen-bond donors (Lipinski definition) is 0. The Bertz CT molecular complexity index is 1040. The predicted molar refractivity (Wildman–Crippen MR) is 106 cm³/mol. The van der Waals surface area contributed by atoms with Crippen molar-refractivity contribution in [2.24, 2.45) is 0 Å². The molecule has 0 bridgehead atoms. The van der Waals surface area contributed by atoms with Gasteiger partial charge in [-0.25, -0.2) is 9.07 Å². The van der Waals surface area contributed by atoms with Crippen molar-refractivity contribution in [1.82, 2.24) is 9.78 Å². The number of carbonyl (C=O) groups excluding carboxylic acids is 1. The molecule has 0 fully saturated rings. The second-order valence-electron chi connectivity index (χ2n) is 5.94. The summed E-state index contributed by atoms with van der Waals surface area (Å²) < 4.78 is 25.0. The molecule has 0 atom stereocenters. The number of carbonyl (C=O) groups is 1. The summed E-state index contributed by atoms with van der Waals surface area (Å²) >= 11 is 6.43. The molecular weight excluding hydrogens is 383 g/mol. The first-order valence-corrected chi connectivity index (χ1v) is 8.78. The van der Waals surface area contributed by atoms with E-state index in [0.29, 0.717) is 39.2 Å². The number of allylic oxidation sites excluding steroid dienone is 1. The average molecular weight is 401 g/mol. The Morgan fingerprint density at radius 3 is 2.50 bits per heavy atom. The molecule has 0 radical (unpaired) electrons. The van der Waals surface area contributed by atoms with Gasteiger partial charge >= 0.3 is 0 Å². The molecule has 3 rings (SSSR count). The van der Waals surface area contributed by atoms with Crippen LogP contribution >= 0.6 is 11.6 Å². The van der Waals surface area contributed by atoms with Crippen LogP contribution in [0, 0.1) is 12.7 Å². The van der Waals surface area contributed by atoms with Gasteiger partial charge in [0.25, 0.3) is 0 Å². The standard InChI is InChI=1S/C21H18ClFN2O3/c1-13-17(21(22)25(24-13)15-6-4-14(23)5-7-15)10-11-19(26)18-9-8-16(27-2)12-20(18)28-3/h4-12H,1-3H3/b11-10+. The topological polar surface area (TPSA) is 53.3 Å². The molecule has 0 aliphatic rings. The lowest BCUT2D eigenvalue weighted by molar-refractivity contribution is 0.104. The zero-order valence-electron chi connectivity index (χ0n) is 15.6. The van der Waals surface area contributed by atoms with Gasteiger partial charge in [-0.1, -0.05) is 11.6 Å². The van der Waals surface area contributed by atoms with Gasteiger partial charge in [0, 0.05) is 11.6 Å². The molecule has 0 unspecified atom stereocenters. The normalized spacial score (nSPS) is 11.0. The van der Waals surface area contributed by atoms with Crippen LogP contribution in [0.15, 0.2) is 48.5 Å². The Balaban J connectivity index is 1.91. The van der Waals surface area contributed by atoms with Gasteiger partial charge < -0.3 is 9.47 Å². The van der Waals surface area contributed by atoms with Gasteiger partial charge in [-0.05, 0) is 55.5 Å². The molecule has 1 heterocycles. The van der Waals surface area contributed by atoms with E-state index in [4.69, 9.17) is 21.1 Å². The molecular formula is C21H18ClFN2O3. The number of nitrogens with zero attached hydrogens (tertiary/aromatic N) is 2. The second kappa shape index (κ2) is 8.27. The van der Waals surface area contributed by atoms with Gasteiger partial charge in [-0.15, -0.1) is 0 Å². The largest absolute Gasteiger partial charge is 0.497 e. The highest BCUT2D eigenvalue weighted by atomic mass is 35.5. The maximum Gasteiger partial charge on any atom is 0.189 e. The van der Waals surface area contributed by atoms with Gasteiger partial charge in [-0.2, -0.15) is 5.10 Å². The van der Waals surface area contributed by atoms with Crippen LogP contribution in [0.25, 0.3) is 11.8 Å². The van der Waals surface area contributed by atoms with E-state index in [9.17, 15) is 9.18 Å². The van der Waals surface area contributed by atoms with Gasteiger partial charge in [0.2, 0.25) is 0 Å². The lowest BCUT2D eigenvalue weighted by Gasteiger charge is -2.07. The highest BCUT2D eigenvalue weighted by molar-refractivity contribution is 6.31. The number of ketones is 1. The first-order valence-electron chi connectivity index (χ1n) is 8.40. The van der Waals surface area contributed by atoms with Gasteiger partial charge in [0.15, 0.2) is 5.78 Å². The van der Waals surface area contributed by atoms with Crippen molar-refractivity contribution >= 4 is 23.5 Å². The molecule has 1 aromatic heterocycles. The van der Waals surface area contributed by atoms with Crippen LogP contribution in [0.3, 0.4) is 0 Å². The lowest BCUT2D eigenvalue weighted by Crippen LogP contribution is -1.99. The van der Waals surface area contributed by atoms with Crippen molar-refractivity contribution in [2.45, 2.75) is 6.92 Å². The van der Waals surface area contributed by atoms with Crippen molar-refractivity contribution in [2.75, 3.05) is 14.2 Å². The summed E-state index contributed by atoms with van der Waals surface area (Å²) in [4.78, 5) is 12.6. The minimum absolute atomic E-state index is 0.246. The molecule has 0 saturated heterocycles. The smallest absolute Gasteiger partial charge is 0.189 e. The Morgan fingerprint density at radius 2 is 1.86 bits per heavy atom. The first kappa shape index (κ1) is 19.6. The Kier molecular flexibility index (Phi) is 5.80. The fourth-order valence-corrected chi connectivity index (χ4v) is 3.04. The molecule has 5 nitrogen and oxygen atoms in total. The van der Waals surface area contributed by atoms with Crippen molar-refractivity contribution in [1.29, 1.82) is 0 Å². The number of methoxy groups -OCH3 is 2. The fourth-order valence-electron chi connectivity index (χ4n) is 2.70. The monoisotopic (exact) mass is 400 g/mol. The third-order valence-electron chi connectivity index (χ3n) is 4.19. The number of aromatic nitrogens is 2. The summed E-state index contributed by atoms with van der Waals surface area (Å²) in [6.45, 7) is 1.78. The molecule has 0 aliphatic carbocycles. The zero-order valence-corrected chi connectivity index (χ0v) is 16.3. The Hall–Kier alpha value is -3.12. The fraction of sp³-hybridized carbons (Fsp3) is 0.143. The second-order valence-corrected chi connectivity index (χ2v) is 6.30. The molecule has 28 heavy (non-hydrogen) atoms. The quantitative estimate of drug-likeness (QED) is 0.437. The molecule has 7 heteroatoms. The van der Waals surface area contributed by atoms with E-state index in [1.54, 1.807) is 50.4 Å². The van der Waals surface area contributed by atoms with Crippen LogP contribution in [-0.2, 0) is 0 Å². The summed E-state index contributed by atoms with van der Waals surface area (Å²) in [6.07, 6.45) is 3.02. The number of aryl methyl sites for hydroxylation is 1. The van der Waals surface area contributed by atoms with Crippen molar-refractivity contribution < 1.29 is 18.7 Å². The van der Waals surface area contributed by atoms with E-state index in [1.165, 1.54) is 30.0 Å². The SMILES string of the molecule is COc1ccc(C(=O)/C=C/c2c(C)nn(-c3ccc(F)cc3)c2Cl)c(OC)c1. The van der Waals surface area contributed by atoms with Crippen LogP contribution < -0.4 is 9.47 Å². The highest BCUT2D eigenvalue weighted by Gasteiger charge is 2.15. The summed E-state index contributed by atoms with van der Waals surface area (Å²) in [7, 11) is 3.03. The van der Waals surface area contributed by atoms with E-state index in [2.05, 4.69) is 5.10 Å².